The number of benzene rings is 1. The summed E-state index contributed by atoms with van der Waals surface area (Å²) in [5, 5.41) is 21.7. The lowest BCUT2D eigenvalue weighted by Crippen LogP contribution is -2.03. The summed E-state index contributed by atoms with van der Waals surface area (Å²) in [4.78, 5) is 20.5. The van der Waals surface area contributed by atoms with Gasteiger partial charge in [0.1, 0.15) is 5.75 Å². The van der Waals surface area contributed by atoms with E-state index >= 15 is 0 Å². The van der Waals surface area contributed by atoms with Gasteiger partial charge in [0.15, 0.2) is 0 Å². The molecule has 0 amide bonds. The minimum atomic E-state index is -1.17. The molecule has 0 bridgehead atoms. The molecule has 0 saturated carbocycles. The van der Waals surface area contributed by atoms with Crippen molar-refractivity contribution in [3.63, 3.8) is 0 Å². The van der Waals surface area contributed by atoms with Gasteiger partial charge in [0, 0.05) is 0 Å². The van der Waals surface area contributed by atoms with Gasteiger partial charge in [-0.1, -0.05) is 0 Å². The molecule has 0 radical (unpaired) electrons. The second-order valence-corrected chi connectivity index (χ2v) is 3.94. The van der Waals surface area contributed by atoms with Crippen molar-refractivity contribution in [2.45, 2.75) is 0 Å². The van der Waals surface area contributed by atoms with Crippen molar-refractivity contribution in [1.82, 2.24) is 0 Å². The van der Waals surface area contributed by atoms with E-state index in [1.165, 1.54) is 19.2 Å². The van der Waals surface area contributed by atoms with E-state index in [2.05, 4.69) is 21.2 Å². The summed E-state index contributed by atoms with van der Waals surface area (Å²) < 4.78 is 5.50. The second-order valence-electron chi connectivity index (χ2n) is 3.08. The number of carboxylic acid groups (broad SMARTS) is 1. The molecule has 8 heteroatoms. The van der Waals surface area contributed by atoms with Crippen molar-refractivity contribution in [3.05, 3.63) is 44.7 Å². The number of hydrogen-bond acceptors (Lipinski definition) is 5. The zero-order chi connectivity index (χ0) is 13.7. The zero-order valence-electron chi connectivity index (χ0n) is 9.21. The predicted octanol–water partition coefficient (Wildman–Crippen LogP) is 2.32. The Kier molecular flexibility index (Phi) is 4.67. The molecule has 1 aromatic rings. The number of hydrogen-bond donors (Lipinski definition) is 2. The van der Waals surface area contributed by atoms with E-state index in [4.69, 9.17) is 9.84 Å². The van der Waals surface area contributed by atoms with Crippen molar-refractivity contribution in [2.75, 3.05) is 12.4 Å². The normalized spacial score (nSPS) is 10.3. The molecule has 1 rings (SSSR count). The van der Waals surface area contributed by atoms with E-state index in [-0.39, 0.29) is 11.3 Å². The summed E-state index contributed by atoms with van der Waals surface area (Å²) in [5.41, 5.74) is 0.163. The molecule has 0 aromatic heterocycles. The Hall–Kier alpha value is -2.09. The summed E-state index contributed by atoms with van der Waals surface area (Å²) in [6, 6.07) is 2.78. The van der Waals surface area contributed by atoms with E-state index in [0.29, 0.717) is 16.4 Å². The van der Waals surface area contributed by atoms with Gasteiger partial charge >= 0.3 is 5.97 Å². The van der Waals surface area contributed by atoms with Gasteiger partial charge < -0.3 is 15.2 Å². The molecule has 0 heterocycles. The SMILES string of the molecule is COc1cc(C(=O)O)c(N/C=C/[N+](=O)[O-])cc1Br. The maximum absolute atomic E-state index is 11.0. The molecule has 0 aliphatic carbocycles. The van der Waals surface area contributed by atoms with Crippen LogP contribution in [0, 0.1) is 10.1 Å². The highest BCUT2D eigenvalue weighted by atomic mass is 79.9. The maximum Gasteiger partial charge on any atom is 0.337 e. The number of halogens is 1. The highest BCUT2D eigenvalue weighted by molar-refractivity contribution is 9.10. The first kappa shape index (κ1) is 14.0. The number of ether oxygens (including phenoxy) is 1. The fourth-order valence-corrected chi connectivity index (χ4v) is 1.70. The number of rotatable bonds is 5. The van der Waals surface area contributed by atoms with Gasteiger partial charge in [0.25, 0.3) is 0 Å². The van der Waals surface area contributed by atoms with Crippen LogP contribution >= 0.6 is 15.9 Å². The number of nitrogens with one attached hydrogen (secondary N) is 1. The number of methoxy groups -OCH3 is 1. The Morgan fingerprint density at radius 3 is 2.78 bits per heavy atom. The van der Waals surface area contributed by atoms with Crippen LogP contribution in [0.3, 0.4) is 0 Å². The van der Waals surface area contributed by atoms with E-state index in [1.54, 1.807) is 0 Å². The van der Waals surface area contributed by atoms with Crippen LogP contribution in [0.4, 0.5) is 5.69 Å². The van der Waals surface area contributed by atoms with Crippen molar-refractivity contribution in [1.29, 1.82) is 0 Å². The summed E-state index contributed by atoms with van der Waals surface area (Å²) in [6.45, 7) is 0. The molecule has 0 unspecified atom stereocenters. The molecule has 96 valence electrons. The smallest absolute Gasteiger partial charge is 0.337 e. The Morgan fingerprint density at radius 2 is 2.28 bits per heavy atom. The largest absolute Gasteiger partial charge is 0.496 e. The standard InChI is InChI=1S/C10H9BrN2O5/c1-18-9-4-6(10(14)15)8(5-7(9)11)12-2-3-13(16)17/h2-5,12H,1H3,(H,14,15)/b3-2+. The molecular formula is C10H9BrN2O5. The molecule has 1 aromatic carbocycles. The summed E-state index contributed by atoms with van der Waals surface area (Å²) in [6.07, 6.45) is 1.71. The highest BCUT2D eigenvalue weighted by Gasteiger charge is 2.14. The number of carbonyl (C=O) groups is 1. The van der Waals surface area contributed by atoms with Crippen molar-refractivity contribution < 1.29 is 19.6 Å². The minimum Gasteiger partial charge on any atom is -0.496 e. The van der Waals surface area contributed by atoms with Crippen LogP contribution in [0.15, 0.2) is 29.0 Å². The van der Waals surface area contributed by atoms with Crippen molar-refractivity contribution in [3.8, 4) is 5.75 Å². The van der Waals surface area contributed by atoms with Crippen LogP contribution in [-0.2, 0) is 0 Å². The average Bonchev–Trinajstić information content (AvgIpc) is 2.28. The predicted molar refractivity (Wildman–Crippen MR) is 67.4 cm³/mol. The molecule has 7 nitrogen and oxygen atoms in total. The van der Waals surface area contributed by atoms with Crippen LogP contribution in [-0.4, -0.2) is 23.1 Å². The lowest BCUT2D eigenvalue weighted by atomic mass is 10.1. The van der Waals surface area contributed by atoms with Gasteiger partial charge in [-0.2, -0.15) is 0 Å². The minimum absolute atomic E-state index is 0.0527. The third kappa shape index (κ3) is 3.45. The van der Waals surface area contributed by atoms with Gasteiger partial charge in [-0.25, -0.2) is 4.79 Å². The first-order valence-electron chi connectivity index (χ1n) is 4.63. The lowest BCUT2D eigenvalue weighted by Gasteiger charge is -2.09. The number of aromatic carboxylic acids is 1. The van der Waals surface area contributed by atoms with Gasteiger partial charge in [0.2, 0.25) is 6.20 Å². The van der Waals surface area contributed by atoms with Crippen molar-refractivity contribution >= 4 is 27.6 Å². The molecular weight excluding hydrogens is 308 g/mol. The fraction of sp³-hybridized carbons (Fsp3) is 0.100. The van der Waals surface area contributed by atoms with Gasteiger partial charge in [0.05, 0.1) is 34.0 Å². The monoisotopic (exact) mass is 316 g/mol. The molecule has 0 atom stereocenters. The van der Waals surface area contributed by atoms with Gasteiger partial charge in [-0.3, -0.25) is 10.1 Å². The number of carboxylic acids is 1. The van der Waals surface area contributed by atoms with Crippen molar-refractivity contribution in [2.24, 2.45) is 0 Å². The first-order valence-corrected chi connectivity index (χ1v) is 5.42. The molecule has 0 saturated heterocycles. The second kappa shape index (κ2) is 6.01. The number of nitrogens with zero attached hydrogens (tertiary/aromatic N) is 1. The van der Waals surface area contributed by atoms with E-state index < -0.39 is 10.9 Å². The Bertz CT molecular complexity index is 515. The molecule has 0 fully saturated rings. The zero-order valence-corrected chi connectivity index (χ0v) is 10.8. The summed E-state index contributed by atoms with van der Waals surface area (Å²) in [7, 11) is 1.41. The third-order valence-electron chi connectivity index (χ3n) is 1.96. The van der Waals surface area contributed by atoms with Crippen LogP contribution < -0.4 is 10.1 Å². The average molecular weight is 317 g/mol. The van der Waals surface area contributed by atoms with E-state index in [0.717, 1.165) is 6.20 Å². The van der Waals surface area contributed by atoms with Crippen LogP contribution in [0.5, 0.6) is 5.75 Å². The quantitative estimate of drug-likeness (QED) is 0.638. The number of anilines is 1. The molecule has 0 aliphatic rings. The lowest BCUT2D eigenvalue weighted by molar-refractivity contribution is -0.402. The molecule has 2 N–H and O–H groups in total. The van der Waals surface area contributed by atoms with E-state index in [9.17, 15) is 14.9 Å². The Labute approximate surface area is 110 Å². The summed E-state index contributed by atoms with van der Waals surface area (Å²) >= 11 is 3.20. The Balaban J connectivity index is 3.13. The van der Waals surface area contributed by atoms with E-state index in [1.807, 2.05) is 0 Å². The fourth-order valence-electron chi connectivity index (χ4n) is 1.19. The molecule has 0 spiro atoms. The van der Waals surface area contributed by atoms with Gasteiger partial charge in [-0.15, -0.1) is 0 Å². The maximum atomic E-state index is 11.0. The molecule has 18 heavy (non-hydrogen) atoms. The Morgan fingerprint density at radius 1 is 1.61 bits per heavy atom. The van der Waals surface area contributed by atoms with Gasteiger partial charge in [-0.05, 0) is 28.1 Å². The van der Waals surface area contributed by atoms with Crippen LogP contribution in [0.1, 0.15) is 10.4 Å². The highest BCUT2D eigenvalue weighted by Crippen LogP contribution is 2.31. The number of nitro groups is 1. The topological polar surface area (TPSA) is 102 Å². The van der Waals surface area contributed by atoms with Crippen LogP contribution in [0.25, 0.3) is 0 Å². The third-order valence-corrected chi connectivity index (χ3v) is 2.58. The van der Waals surface area contributed by atoms with Crippen LogP contribution in [0.2, 0.25) is 0 Å². The molecule has 0 aliphatic heterocycles. The first-order chi connectivity index (χ1) is 8.45. The summed E-state index contributed by atoms with van der Waals surface area (Å²) in [5.74, 6) is -0.811.